The van der Waals surface area contributed by atoms with Crippen LogP contribution < -0.4 is 4.90 Å². The molecule has 3 heterocycles. The highest BCUT2D eigenvalue weighted by atomic mass is 32.2. The predicted octanol–water partition coefficient (Wildman–Crippen LogP) is 1.90. The number of aryl methyl sites for hydroxylation is 2. The van der Waals surface area contributed by atoms with Crippen LogP contribution in [0.25, 0.3) is 0 Å². The van der Waals surface area contributed by atoms with Crippen LogP contribution in [0.5, 0.6) is 0 Å². The number of rotatable bonds is 10. The number of sulfone groups is 1. The van der Waals surface area contributed by atoms with Gasteiger partial charge in [-0.25, -0.2) is 8.42 Å². The van der Waals surface area contributed by atoms with Gasteiger partial charge in [0.2, 0.25) is 5.95 Å². The fourth-order valence-electron chi connectivity index (χ4n) is 4.79. The van der Waals surface area contributed by atoms with Crippen molar-refractivity contribution in [3.05, 3.63) is 41.7 Å². The number of hydrogen-bond acceptors (Lipinski definition) is 8. The molecule has 4 rings (SSSR count). The molecule has 2 aliphatic heterocycles. The molecule has 0 saturated carbocycles. The molecular weight excluding hydrogens is 456 g/mol. The van der Waals surface area contributed by atoms with Crippen LogP contribution in [0.4, 0.5) is 5.95 Å². The monoisotopic (exact) mass is 492 g/mol. The van der Waals surface area contributed by atoms with Crippen molar-refractivity contribution in [3.63, 3.8) is 0 Å². The Hall–Kier alpha value is -2.01. The molecule has 2 saturated heterocycles. The first-order valence-corrected chi connectivity index (χ1v) is 14.0. The zero-order valence-corrected chi connectivity index (χ0v) is 21.2. The van der Waals surface area contributed by atoms with Crippen molar-refractivity contribution in [1.29, 1.82) is 0 Å². The Kier molecular flexibility index (Phi) is 7.61. The van der Waals surface area contributed by atoms with Gasteiger partial charge in [0.1, 0.15) is 21.3 Å². The second kappa shape index (κ2) is 10.3. The second-order valence-electron chi connectivity index (χ2n) is 10.00. The molecule has 10 heteroatoms. The van der Waals surface area contributed by atoms with E-state index in [0.717, 1.165) is 31.0 Å². The summed E-state index contributed by atoms with van der Waals surface area (Å²) in [6, 6.07) is 10.3. The molecule has 1 aromatic heterocycles. The van der Waals surface area contributed by atoms with Crippen LogP contribution in [0.2, 0.25) is 0 Å². The molecule has 1 atom stereocenters. The molecule has 1 aromatic carbocycles. The van der Waals surface area contributed by atoms with E-state index < -0.39 is 9.84 Å². The second-order valence-corrected chi connectivity index (χ2v) is 12.3. The third-order valence-electron chi connectivity index (χ3n) is 6.24. The van der Waals surface area contributed by atoms with Crippen molar-refractivity contribution in [3.8, 4) is 0 Å². The largest absolute Gasteiger partial charge is 0.379 e. The van der Waals surface area contributed by atoms with E-state index in [1.807, 2.05) is 18.2 Å². The third-order valence-corrected chi connectivity index (χ3v) is 7.15. The first-order valence-electron chi connectivity index (χ1n) is 11.9. The average molecular weight is 493 g/mol. The summed E-state index contributed by atoms with van der Waals surface area (Å²) in [5, 5.41) is 9.16. The van der Waals surface area contributed by atoms with Crippen LogP contribution in [0.15, 0.2) is 30.3 Å². The molecule has 1 spiro atoms. The highest BCUT2D eigenvalue weighted by Crippen LogP contribution is 2.36. The highest BCUT2D eigenvalue weighted by molar-refractivity contribution is 7.90. The summed E-state index contributed by atoms with van der Waals surface area (Å²) in [6.07, 6.45) is 3.69. The minimum Gasteiger partial charge on any atom is -0.379 e. The number of ether oxygens (including phenoxy) is 3. The van der Waals surface area contributed by atoms with E-state index in [1.165, 1.54) is 11.8 Å². The topological polar surface area (TPSA) is 95.8 Å². The van der Waals surface area contributed by atoms with Gasteiger partial charge in [0, 0.05) is 32.2 Å². The van der Waals surface area contributed by atoms with Gasteiger partial charge >= 0.3 is 0 Å². The number of hydrogen-bond donors (Lipinski definition) is 0. The van der Waals surface area contributed by atoms with Gasteiger partial charge in [0.15, 0.2) is 0 Å². The molecule has 0 aliphatic carbocycles. The lowest BCUT2D eigenvalue weighted by molar-refractivity contribution is -0.151. The lowest BCUT2D eigenvalue weighted by Crippen LogP contribution is -2.60. The molecule has 0 radical (unpaired) electrons. The Balaban J connectivity index is 1.52. The van der Waals surface area contributed by atoms with Crippen molar-refractivity contribution in [2.45, 2.75) is 50.9 Å². The van der Waals surface area contributed by atoms with Gasteiger partial charge in [-0.05, 0) is 25.8 Å². The van der Waals surface area contributed by atoms with Gasteiger partial charge in [-0.1, -0.05) is 30.3 Å². The van der Waals surface area contributed by atoms with E-state index in [1.54, 1.807) is 0 Å². The molecule has 1 unspecified atom stereocenters. The van der Waals surface area contributed by atoms with Gasteiger partial charge in [-0.3, -0.25) is 4.57 Å². The summed E-state index contributed by atoms with van der Waals surface area (Å²) in [5.41, 5.74) is 0.561. The summed E-state index contributed by atoms with van der Waals surface area (Å²) in [7, 11) is -3.05. The molecule has 2 aliphatic rings. The maximum absolute atomic E-state index is 11.4. The Bertz CT molecular complexity index is 1050. The fourth-order valence-corrected chi connectivity index (χ4v) is 5.21. The number of nitrogens with zero attached hydrogens (tertiary/aromatic N) is 4. The Labute approximate surface area is 202 Å². The van der Waals surface area contributed by atoms with E-state index in [-0.39, 0.29) is 23.6 Å². The summed E-state index contributed by atoms with van der Waals surface area (Å²) in [6.45, 7) is 8.00. The van der Waals surface area contributed by atoms with E-state index in [2.05, 4.69) is 45.6 Å². The molecule has 34 heavy (non-hydrogen) atoms. The number of anilines is 1. The lowest BCUT2D eigenvalue weighted by Gasteiger charge is -2.48. The first kappa shape index (κ1) is 25.1. The third kappa shape index (κ3) is 6.56. The standard InChI is InChI=1S/C24H36N4O5S/c1-23(2)17-27(18-24(33-23)11-13-32-19-24)22-26-25-21(10-9-20-7-5-4-6-8-20)28(22)12-14-31-15-16-34(3,29)30/h4-8H,9-19H2,1-3H3. The van der Waals surface area contributed by atoms with Crippen LogP contribution in [0.1, 0.15) is 31.7 Å². The molecule has 188 valence electrons. The van der Waals surface area contributed by atoms with Crippen molar-refractivity contribution in [1.82, 2.24) is 14.8 Å². The minimum atomic E-state index is -3.05. The molecule has 2 fully saturated rings. The van der Waals surface area contributed by atoms with Crippen molar-refractivity contribution < 1.29 is 22.6 Å². The number of aromatic nitrogens is 3. The van der Waals surface area contributed by atoms with Crippen molar-refractivity contribution >= 4 is 15.8 Å². The van der Waals surface area contributed by atoms with Gasteiger partial charge in [-0.15, -0.1) is 10.2 Å². The molecule has 0 bridgehead atoms. The summed E-state index contributed by atoms with van der Waals surface area (Å²) in [5.74, 6) is 1.72. The van der Waals surface area contributed by atoms with Crippen LogP contribution in [-0.2, 0) is 43.4 Å². The first-order chi connectivity index (χ1) is 16.1. The van der Waals surface area contributed by atoms with Gasteiger partial charge in [0.05, 0.1) is 44.3 Å². The number of benzene rings is 1. The normalized spacial score (nSPS) is 22.5. The smallest absolute Gasteiger partial charge is 0.227 e. The SMILES string of the molecule is CC1(C)CN(c2nnc(CCc3ccccc3)n2CCOCCS(C)(=O)=O)CC2(CCOC2)O1. The Morgan fingerprint density at radius 2 is 1.88 bits per heavy atom. The average Bonchev–Trinajstić information content (AvgIpc) is 3.37. The lowest BCUT2D eigenvalue weighted by atomic mass is 9.95. The molecule has 0 amide bonds. The van der Waals surface area contributed by atoms with Gasteiger partial charge < -0.3 is 19.1 Å². The minimum absolute atomic E-state index is 0.0169. The molecule has 2 aromatic rings. The highest BCUT2D eigenvalue weighted by Gasteiger charge is 2.47. The maximum atomic E-state index is 11.4. The van der Waals surface area contributed by atoms with Crippen LogP contribution in [-0.4, -0.2) is 85.9 Å². The van der Waals surface area contributed by atoms with E-state index in [4.69, 9.17) is 14.2 Å². The quantitative estimate of drug-likeness (QED) is 0.464. The summed E-state index contributed by atoms with van der Waals surface area (Å²) >= 11 is 0. The van der Waals surface area contributed by atoms with Crippen molar-refractivity contribution in [2.75, 3.05) is 56.4 Å². The van der Waals surface area contributed by atoms with E-state index in [0.29, 0.717) is 39.5 Å². The maximum Gasteiger partial charge on any atom is 0.227 e. The Morgan fingerprint density at radius 1 is 1.09 bits per heavy atom. The summed E-state index contributed by atoms with van der Waals surface area (Å²) < 4.78 is 42.8. The zero-order chi connectivity index (χ0) is 24.2. The number of morpholine rings is 1. The Morgan fingerprint density at radius 3 is 2.59 bits per heavy atom. The van der Waals surface area contributed by atoms with E-state index >= 15 is 0 Å². The van der Waals surface area contributed by atoms with Gasteiger partial charge in [-0.2, -0.15) is 0 Å². The van der Waals surface area contributed by atoms with E-state index in [9.17, 15) is 8.42 Å². The van der Waals surface area contributed by atoms with Crippen LogP contribution in [0, 0.1) is 0 Å². The molecule has 0 N–H and O–H groups in total. The zero-order valence-electron chi connectivity index (χ0n) is 20.4. The van der Waals surface area contributed by atoms with Crippen molar-refractivity contribution in [2.24, 2.45) is 0 Å². The van der Waals surface area contributed by atoms with Crippen LogP contribution in [0.3, 0.4) is 0 Å². The molecular formula is C24H36N4O5S. The fraction of sp³-hybridized carbons (Fsp3) is 0.667. The predicted molar refractivity (Wildman–Crippen MR) is 130 cm³/mol. The summed E-state index contributed by atoms with van der Waals surface area (Å²) in [4.78, 5) is 2.26. The molecule has 9 nitrogen and oxygen atoms in total. The van der Waals surface area contributed by atoms with Gasteiger partial charge in [0.25, 0.3) is 0 Å². The van der Waals surface area contributed by atoms with Crippen LogP contribution >= 0.6 is 0 Å².